The van der Waals surface area contributed by atoms with Crippen molar-refractivity contribution in [3.63, 3.8) is 0 Å². The summed E-state index contributed by atoms with van der Waals surface area (Å²) >= 11 is 0. The molecule has 2 saturated heterocycles. The molecule has 5 rings (SSSR count). The van der Waals surface area contributed by atoms with Gasteiger partial charge in [0.25, 0.3) is 5.91 Å². The van der Waals surface area contributed by atoms with Gasteiger partial charge in [0.1, 0.15) is 6.10 Å². The summed E-state index contributed by atoms with van der Waals surface area (Å²) in [4.78, 5) is 34.1. The van der Waals surface area contributed by atoms with Crippen molar-refractivity contribution < 1.29 is 19.1 Å². The van der Waals surface area contributed by atoms with Gasteiger partial charge in [0, 0.05) is 32.1 Å². The third-order valence-electron chi connectivity index (χ3n) is 6.84. The predicted molar refractivity (Wildman–Crippen MR) is 117 cm³/mol. The molecule has 1 atom stereocenters. The molecule has 0 saturated carbocycles. The number of benzene rings is 1. The summed E-state index contributed by atoms with van der Waals surface area (Å²) in [5.74, 6) is 0.135. The van der Waals surface area contributed by atoms with E-state index in [-0.39, 0.29) is 23.8 Å². The van der Waals surface area contributed by atoms with Crippen LogP contribution in [0, 0.1) is 12.8 Å². The number of aromatic nitrogens is 2. The van der Waals surface area contributed by atoms with Crippen LogP contribution in [0.1, 0.15) is 46.3 Å². The van der Waals surface area contributed by atoms with Gasteiger partial charge in [0.05, 0.1) is 38.4 Å². The van der Waals surface area contributed by atoms with Crippen LogP contribution < -0.4 is 0 Å². The number of hydrogen-bond acceptors (Lipinski definition) is 5. The summed E-state index contributed by atoms with van der Waals surface area (Å²) in [5, 5.41) is 0. The standard InChI is InChI=1S/C24H30N4O4/c1-17-2-4-18(5-3-17)21-14-28-16-25-22(20(28)15-32-21)24(30)26-8-6-19(7-9-26)23(29)27-10-12-31-13-11-27/h2-5,16,19,21H,6-15H2,1H3/t21-/m0/s1. The van der Waals surface area contributed by atoms with Crippen LogP contribution in [0.4, 0.5) is 0 Å². The molecule has 3 aliphatic heterocycles. The molecule has 1 aromatic heterocycles. The van der Waals surface area contributed by atoms with E-state index in [1.54, 1.807) is 6.33 Å². The maximum atomic E-state index is 13.2. The highest BCUT2D eigenvalue weighted by Crippen LogP contribution is 2.29. The predicted octanol–water partition coefficient (Wildman–Crippen LogP) is 2.17. The zero-order valence-electron chi connectivity index (χ0n) is 18.5. The van der Waals surface area contributed by atoms with Crippen LogP contribution in [0.3, 0.4) is 0 Å². The lowest BCUT2D eigenvalue weighted by molar-refractivity contribution is -0.141. The minimum absolute atomic E-state index is 0.00772. The van der Waals surface area contributed by atoms with E-state index in [2.05, 4.69) is 36.2 Å². The molecule has 170 valence electrons. The van der Waals surface area contributed by atoms with Crippen LogP contribution in [0.2, 0.25) is 0 Å². The number of carbonyl (C=O) groups is 2. The second kappa shape index (κ2) is 9.03. The van der Waals surface area contributed by atoms with Gasteiger partial charge in [-0.2, -0.15) is 0 Å². The number of aryl methyl sites for hydroxylation is 1. The summed E-state index contributed by atoms with van der Waals surface area (Å²) in [6.07, 6.45) is 3.11. The average Bonchev–Trinajstić information content (AvgIpc) is 3.27. The second-order valence-electron chi connectivity index (χ2n) is 8.91. The molecule has 0 unspecified atom stereocenters. The highest BCUT2D eigenvalue weighted by Gasteiger charge is 2.33. The number of nitrogens with zero attached hydrogens (tertiary/aromatic N) is 4. The molecule has 0 spiro atoms. The van der Waals surface area contributed by atoms with Crippen LogP contribution in [0.15, 0.2) is 30.6 Å². The van der Waals surface area contributed by atoms with Crippen LogP contribution in [0.25, 0.3) is 0 Å². The van der Waals surface area contributed by atoms with E-state index in [4.69, 9.17) is 9.47 Å². The topological polar surface area (TPSA) is 76.9 Å². The number of ether oxygens (including phenoxy) is 2. The van der Waals surface area contributed by atoms with Gasteiger partial charge < -0.3 is 23.8 Å². The van der Waals surface area contributed by atoms with E-state index in [0.717, 1.165) is 11.3 Å². The Hall–Kier alpha value is -2.71. The Morgan fingerprint density at radius 2 is 1.72 bits per heavy atom. The number of fused-ring (bicyclic) bond motifs is 1. The molecule has 8 nitrogen and oxygen atoms in total. The molecule has 0 aliphatic carbocycles. The molecule has 0 bridgehead atoms. The Bertz CT molecular complexity index is 972. The maximum Gasteiger partial charge on any atom is 0.274 e. The van der Waals surface area contributed by atoms with Crippen molar-refractivity contribution in [1.29, 1.82) is 0 Å². The second-order valence-corrected chi connectivity index (χ2v) is 8.91. The van der Waals surface area contributed by atoms with Crippen molar-refractivity contribution in [3.8, 4) is 0 Å². The first-order valence-corrected chi connectivity index (χ1v) is 11.5. The molecule has 8 heteroatoms. The normalized spacial score (nSPS) is 22.0. The van der Waals surface area contributed by atoms with Gasteiger partial charge in [-0.1, -0.05) is 29.8 Å². The first-order chi connectivity index (χ1) is 15.6. The minimum Gasteiger partial charge on any atom is -0.378 e. The molecule has 2 fully saturated rings. The SMILES string of the molecule is Cc1ccc([C@@H]2Cn3cnc(C(=O)N4CCC(C(=O)N5CCOCC5)CC4)c3CO2)cc1. The van der Waals surface area contributed by atoms with E-state index in [0.29, 0.717) is 71.1 Å². The Morgan fingerprint density at radius 1 is 1.00 bits per heavy atom. The quantitative estimate of drug-likeness (QED) is 0.734. The van der Waals surface area contributed by atoms with Gasteiger partial charge in [0.2, 0.25) is 5.91 Å². The fraction of sp³-hybridized carbons (Fsp3) is 0.542. The molecule has 0 N–H and O–H groups in total. The number of imidazole rings is 1. The van der Waals surface area contributed by atoms with Gasteiger partial charge in [0.15, 0.2) is 5.69 Å². The zero-order valence-corrected chi connectivity index (χ0v) is 18.5. The van der Waals surface area contributed by atoms with Crippen molar-refractivity contribution in [2.45, 2.75) is 39.0 Å². The largest absolute Gasteiger partial charge is 0.378 e. The highest BCUT2D eigenvalue weighted by molar-refractivity contribution is 5.93. The third kappa shape index (κ3) is 4.17. The lowest BCUT2D eigenvalue weighted by atomic mass is 9.94. The highest BCUT2D eigenvalue weighted by atomic mass is 16.5. The van der Waals surface area contributed by atoms with Gasteiger partial charge in [-0.25, -0.2) is 4.98 Å². The molecule has 2 amide bonds. The molecule has 32 heavy (non-hydrogen) atoms. The van der Waals surface area contributed by atoms with Crippen LogP contribution in [0.5, 0.6) is 0 Å². The lowest BCUT2D eigenvalue weighted by Gasteiger charge is -2.35. The number of hydrogen-bond donors (Lipinski definition) is 0. The Morgan fingerprint density at radius 3 is 2.44 bits per heavy atom. The molecule has 0 radical (unpaired) electrons. The summed E-state index contributed by atoms with van der Waals surface area (Å²) < 4.78 is 13.5. The van der Waals surface area contributed by atoms with Crippen molar-refractivity contribution in [1.82, 2.24) is 19.4 Å². The van der Waals surface area contributed by atoms with Crippen LogP contribution >= 0.6 is 0 Å². The number of carbonyl (C=O) groups excluding carboxylic acids is 2. The number of amides is 2. The van der Waals surface area contributed by atoms with Gasteiger partial charge in [-0.3, -0.25) is 9.59 Å². The van der Waals surface area contributed by atoms with Crippen molar-refractivity contribution in [2.24, 2.45) is 5.92 Å². The van der Waals surface area contributed by atoms with E-state index in [1.165, 1.54) is 5.56 Å². The third-order valence-corrected chi connectivity index (χ3v) is 6.84. The Balaban J connectivity index is 1.20. The smallest absolute Gasteiger partial charge is 0.274 e. The monoisotopic (exact) mass is 438 g/mol. The van der Waals surface area contributed by atoms with E-state index in [1.807, 2.05) is 14.4 Å². The fourth-order valence-corrected chi connectivity index (χ4v) is 4.81. The molecular weight excluding hydrogens is 408 g/mol. The number of rotatable bonds is 3. The van der Waals surface area contributed by atoms with Crippen LogP contribution in [-0.4, -0.2) is 70.6 Å². The number of morpholine rings is 1. The van der Waals surface area contributed by atoms with E-state index >= 15 is 0 Å². The average molecular weight is 439 g/mol. The van der Waals surface area contributed by atoms with Gasteiger partial charge in [-0.05, 0) is 25.3 Å². The number of piperidine rings is 1. The van der Waals surface area contributed by atoms with Gasteiger partial charge >= 0.3 is 0 Å². The molecule has 1 aromatic carbocycles. The Labute approximate surface area is 188 Å². The summed E-state index contributed by atoms with van der Waals surface area (Å²) in [5.41, 5.74) is 3.67. The van der Waals surface area contributed by atoms with Crippen molar-refractivity contribution in [2.75, 3.05) is 39.4 Å². The molecular formula is C24H30N4O4. The summed E-state index contributed by atoms with van der Waals surface area (Å²) in [6.45, 7) is 6.81. The summed E-state index contributed by atoms with van der Waals surface area (Å²) in [6, 6.07) is 8.36. The number of likely N-dealkylation sites (tertiary alicyclic amines) is 1. The van der Waals surface area contributed by atoms with Crippen LogP contribution in [-0.2, 0) is 27.4 Å². The maximum absolute atomic E-state index is 13.2. The first kappa shape index (κ1) is 21.2. The first-order valence-electron chi connectivity index (χ1n) is 11.5. The summed E-state index contributed by atoms with van der Waals surface area (Å²) in [7, 11) is 0. The van der Waals surface area contributed by atoms with Crippen molar-refractivity contribution in [3.05, 3.63) is 53.1 Å². The van der Waals surface area contributed by atoms with E-state index < -0.39 is 0 Å². The van der Waals surface area contributed by atoms with Gasteiger partial charge in [-0.15, -0.1) is 0 Å². The lowest BCUT2D eigenvalue weighted by Crippen LogP contribution is -2.47. The Kier molecular flexibility index (Phi) is 5.97. The molecule has 2 aromatic rings. The molecule has 3 aliphatic rings. The molecule has 4 heterocycles. The van der Waals surface area contributed by atoms with Crippen molar-refractivity contribution >= 4 is 11.8 Å². The van der Waals surface area contributed by atoms with E-state index in [9.17, 15) is 9.59 Å². The zero-order chi connectivity index (χ0) is 22.1. The fourth-order valence-electron chi connectivity index (χ4n) is 4.81. The minimum atomic E-state index is -0.0617.